The Kier molecular flexibility index (Phi) is 6.89. The number of rotatable bonds is 3. The number of halogens is 3. The van der Waals surface area contributed by atoms with Crippen molar-refractivity contribution in [3.8, 4) is 5.75 Å². The third kappa shape index (κ3) is 4.70. The molecule has 1 aromatic carbocycles. The Labute approximate surface area is 135 Å². The molecule has 2 rings (SSSR count). The average molecular weight is 340 g/mol. The molecule has 7 heteroatoms. The fourth-order valence-corrected chi connectivity index (χ4v) is 2.34. The first-order valence-electron chi connectivity index (χ1n) is 6.10. The number of ether oxygens (including phenoxy) is 1. The van der Waals surface area contributed by atoms with E-state index in [-0.39, 0.29) is 24.9 Å². The summed E-state index contributed by atoms with van der Waals surface area (Å²) in [5.74, 6) is 0.465. The van der Waals surface area contributed by atoms with Crippen molar-refractivity contribution < 1.29 is 9.53 Å². The van der Waals surface area contributed by atoms with E-state index in [0.29, 0.717) is 15.8 Å². The zero-order valence-corrected chi connectivity index (χ0v) is 13.5. The second-order valence-corrected chi connectivity index (χ2v) is 5.39. The Balaban J connectivity index is 0.00000200. The van der Waals surface area contributed by atoms with Crippen LogP contribution in [0, 0.1) is 0 Å². The van der Waals surface area contributed by atoms with Crippen molar-refractivity contribution in [2.45, 2.75) is 0 Å². The van der Waals surface area contributed by atoms with Gasteiger partial charge in [0.15, 0.2) is 6.61 Å². The van der Waals surface area contributed by atoms with E-state index >= 15 is 0 Å². The molecule has 1 aliphatic rings. The minimum Gasteiger partial charge on any atom is -0.482 e. The molecule has 0 spiro atoms. The average Bonchev–Trinajstić information content (AvgIpc) is 2.38. The van der Waals surface area contributed by atoms with Gasteiger partial charge in [-0.1, -0.05) is 23.2 Å². The van der Waals surface area contributed by atoms with Gasteiger partial charge in [-0.25, -0.2) is 0 Å². The fourth-order valence-electron chi connectivity index (χ4n) is 1.88. The molecule has 1 aromatic rings. The van der Waals surface area contributed by atoms with E-state index in [1.54, 1.807) is 18.2 Å². The molecule has 20 heavy (non-hydrogen) atoms. The molecule has 0 radical (unpaired) electrons. The Morgan fingerprint density at radius 2 is 1.90 bits per heavy atom. The molecule has 0 unspecified atom stereocenters. The molecule has 1 fully saturated rings. The van der Waals surface area contributed by atoms with Crippen LogP contribution in [-0.2, 0) is 4.79 Å². The molecule has 1 saturated heterocycles. The van der Waals surface area contributed by atoms with Crippen molar-refractivity contribution >= 4 is 41.5 Å². The highest BCUT2D eigenvalue weighted by Crippen LogP contribution is 2.27. The van der Waals surface area contributed by atoms with Gasteiger partial charge < -0.3 is 14.5 Å². The van der Waals surface area contributed by atoms with Crippen molar-refractivity contribution in [1.82, 2.24) is 9.80 Å². The Hall–Kier alpha value is -0.680. The first kappa shape index (κ1) is 17.4. The summed E-state index contributed by atoms with van der Waals surface area (Å²) in [7, 11) is 2.05. The summed E-state index contributed by atoms with van der Waals surface area (Å²) in [6.45, 7) is 3.28. The highest BCUT2D eigenvalue weighted by Gasteiger charge is 2.19. The highest BCUT2D eigenvalue weighted by atomic mass is 35.5. The number of hydrogen-bond donors (Lipinski definition) is 0. The fraction of sp³-hybridized carbons (Fsp3) is 0.462. The van der Waals surface area contributed by atoms with Crippen molar-refractivity contribution in [3.63, 3.8) is 0 Å². The number of carbonyl (C=O) groups excluding carboxylic acids is 1. The van der Waals surface area contributed by atoms with E-state index in [9.17, 15) is 4.79 Å². The van der Waals surface area contributed by atoms with Crippen molar-refractivity contribution in [2.24, 2.45) is 0 Å². The number of nitrogens with zero attached hydrogens (tertiary/aromatic N) is 2. The first-order valence-corrected chi connectivity index (χ1v) is 6.86. The molecule has 1 amide bonds. The van der Waals surface area contributed by atoms with Crippen LogP contribution in [0.2, 0.25) is 10.0 Å². The summed E-state index contributed by atoms with van der Waals surface area (Å²) < 4.78 is 5.44. The van der Waals surface area contributed by atoms with E-state index in [1.807, 2.05) is 11.9 Å². The van der Waals surface area contributed by atoms with Crippen LogP contribution < -0.4 is 4.74 Å². The standard InChI is InChI=1S/C13H16Cl2N2O2.ClH/c1-16-4-6-17(7-5-16)13(18)9-19-12-3-2-10(14)8-11(12)15;/h2-3,8H,4-7,9H2,1H3;1H. The number of piperazine rings is 1. The van der Waals surface area contributed by atoms with Gasteiger partial charge in [-0.15, -0.1) is 12.4 Å². The minimum atomic E-state index is -0.0147. The lowest BCUT2D eigenvalue weighted by atomic mass is 10.3. The van der Waals surface area contributed by atoms with E-state index < -0.39 is 0 Å². The largest absolute Gasteiger partial charge is 0.482 e. The molecule has 1 heterocycles. The van der Waals surface area contributed by atoms with Gasteiger partial charge in [0.2, 0.25) is 0 Å². The van der Waals surface area contributed by atoms with E-state index in [0.717, 1.165) is 26.2 Å². The van der Waals surface area contributed by atoms with Gasteiger partial charge in [-0.3, -0.25) is 4.79 Å². The summed E-state index contributed by atoms with van der Waals surface area (Å²) in [6.07, 6.45) is 0. The summed E-state index contributed by atoms with van der Waals surface area (Å²) in [5, 5.41) is 0.960. The zero-order chi connectivity index (χ0) is 13.8. The third-order valence-corrected chi connectivity index (χ3v) is 3.63. The molecule has 4 nitrogen and oxygen atoms in total. The van der Waals surface area contributed by atoms with Gasteiger partial charge in [0.05, 0.1) is 5.02 Å². The van der Waals surface area contributed by atoms with E-state index in [2.05, 4.69) is 4.90 Å². The molecular weight excluding hydrogens is 323 g/mol. The van der Waals surface area contributed by atoms with Gasteiger partial charge in [0, 0.05) is 31.2 Å². The van der Waals surface area contributed by atoms with Gasteiger partial charge in [-0.2, -0.15) is 0 Å². The lowest BCUT2D eigenvalue weighted by Gasteiger charge is -2.32. The maximum Gasteiger partial charge on any atom is 0.260 e. The summed E-state index contributed by atoms with van der Waals surface area (Å²) in [6, 6.07) is 4.95. The summed E-state index contributed by atoms with van der Waals surface area (Å²) in [4.78, 5) is 16.0. The monoisotopic (exact) mass is 338 g/mol. The number of hydrogen-bond acceptors (Lipinski definition) is 3. The number of carbonyl (C=O) groups is 1. The van der Waals surface area contributed by atoms with E-state index in [1.165, 1.54) is 0 Å². The van der Waals surface area contributed by atoms with Crippen LogP contribution in [0.5, 0.6) is 5.75 Å². The SMILES string of the molecule is CN1CCN(C(=O)COc2ccc(Cl)cc2Cl)CC1.Cl. The van der Waals surface area contributed by atoms with Crippen LogP contribution >= 0.6 is 35.6 Å². The topological polar surface area (TPSA) is 32.8 Å². The molecule has 0 bridgehead atoms. The molecule has 0 aliphatic carbocycles. The van der Waals surface area contributed by atoms with Gasteiger partial charge in [0.25, 0.3) is 5.91 Å². The highest BCUT2D eigenvalue weighted by molar-refractivity contribution is 6.35. The molecule has 0 N–H and O–H groups in total. The molecule has 1 aliphatic heterocycles. The maximum absolute atomic E-state index is 12.0. The van der Waals surface area contributed by atoms with Crippen LogP contribution in [0.1, 0.15) is 0 Å². The predicted octanol–water partition coefficient (Wildman–Crippen LogP) is 2.57. The zero-order valence-electron chi connectivity index (χ0n) is 11.1. The van der Waals surface area contributed by atoms with Crippen molar-refractivity contribution in [3.05, 3.63) is 28.2 Å². The minimum absolute atomic E-state index is 0. The van der Waals surface area contributed by atoms with Crippen molar-refractivity contribution in [2.75, 3.05) is 39.8 Å². The van der Waals surface area contributed by atoms with Gasteiger partial charge >= 0.3 is 0 Å². The van der Waals surface area contributed by atoms with Crippen LogP contribution in [-0.4, -0.2) is 55.5 Å². The van der Waals surface area contributed by atoms with E-state index in [4.69, 9.17) is 27.9 Å². The van der Waals surface area contributed by atoms with Crippen LogP contribution in [0.3, 0.4) is 0 Å². The molecule has 112 valence electrons. The maximum atomic E-state index is 12.0. The summed E-state index contributed by atoms with van der Waals surface area (Å²) >= 11 is 11.8. The first-order chi connectivity index (χ1) is 9.06. The quantitative estimate of drug-likeness (QED) is 0.848. The van der Waals surface area contributed by atoms with Crippen LogP contribution in [0.25, 0.3) is 0 Å². The predicted molar refractivity (Wildman–Crippen MR) is 83.3 cm³/mol. The Morgan fingerprint density at radius 3 is 2.50 bits per heavy atom. The molecule has 0 saturated carbocycles. The Morgan fingerprint density at radius 1 is 1.25 bits per heavy atom. The van der Waals surface area contributed by atoms with Crippen molar-refractivity contribution in [1.29, 1.82) is 0 Å². The summed E-state index contributed by atoms with van der Waals surface area (Å²) in [5.41, 5.74) is 0. The molecule has 0 atom stereocenters. The number of amides is 1. The van der Waals surface area contributed by atoms with Crippen LogP contribution in [0.4, 0.5) is 0 Å². The number of benzene rings is 1. The third-order valence-electron chi connectivity index (χ3n) is 3.10. The lowest BCUT2D eigenvalue weighted by molar-refractivity contribution is -0.134. The van der Waals surface area contributed by atoms with Gasteiger partial charge in [-0.05, 0) is 25.2 Å². The molecular formula is C13H17Cl3N2O2. The smallest absolute Gasteiger partial charge is 0.260 e. The second kappa shape index (κ2) is 7.93. The normalized spacial score (nSPS) is 15.7. The second-order valence-electron chi connectivity index (χ2n) is 4.55. The molecule has 0 aromatic heterocycles. The van der Waals surface area contributed by atoms with Gasteiger partial charge in [0.1, 0.15) is 5.75 Å². The van der Waals surface area contributed by atoms with Crippen LogP contribution in [0.15, 0.2) is 18.2 Å². The number of likely N-dealkylation sites (N-methyl/N-ethyl adjacent to an activating group) is 1. The Bertz CT molecular complexity index is 463. The lowest BCUT2D eigenvalue weighted by Crippen LogP contribution is -2.48.